The van der Waals surface area contributed by atoms with Crippen molar-refractivity contribution in [3.63, 3.8) is 0 Å². The molecule has 0 bridgehead atoms. The number of hydrogen-bond acceptors (Lipinski definition) is 6. The van der Waals surface area contributed by atoms with Crippen LogP contribution < -0.4 is 9.64 Å². The molecule has 1 aromatic heterocycles. The van der Waals surface area contributed by atoms with Gasteiger partial charge in [0.05, 0.1) is 11.7 Å². The zero-order chi connectivity index (χ0) is 14.7. The highest BCUT2D eigenvalue weighted by molar-refractivity contribution is 6.99. The lowest BCUT2D eigenvalue weighted by Gasteiger charge is -2.32. The molecule has 0 unspecified atom stereocenters. The van der Waals surface area contributed by atoms with Crippen LogP contribution in [-0.4, -0.2) is 46.9 Å². The SMILES string of the molecule is CN1CCN(c2nsnc2OCc2cccc(F)c2)CC1. The first-order valence-corrected chi connectivity index (χ1v) is 7.59. The van der Waals surface area contributed by atoms with Gasteiger partial charge in [-0.3, -0.25) is 0 Å². The van der Waals surface area contributed by atoms with Gasteiger partial charge < -0.3 is 14.5 Å². The lowest BCUT2D eigenvalue weighted by atomic mass is 10.2. The molecule has 0 radical (unpaired) electrons. The van der Waals surface area contributed by atoms with Crippen molar-refractivity contribution in [2.24, 2.45) is 0 Å². The number of benzene rings is 1. The molecule has 0 saturated carbocycles. The fourth-order valence-electron chi connectivity index (χ4n) is 2.26. The highest BCUT2D eigenvalue weighted by Gasteiger charge is 2.21. The Kier molecular flexibility index (Phi) is 4.31. The quantitative estimate of drug-likeness (QED) is 0.864. The number of aromatic nitrogens is 2. The number of rotatable bonds is 4. The Hall–Kier alpha value is -1.73. The van der Waals surface area contributed by atoms with Crippen molar-refractivity contribution in [3.05, 3.63) is 35.6 Å². The Morgan fingerprint density at radius 1 is 1.24 bits per heavy atom. The van der Waals surface area contributed by atoms with E-state index in [4.69, 9.17) is 4.74 Å². The van der Waals surface area contributed by atoms with E-state index < -0.39 is 0 Å². The van der Waals surface area contributed by atoms with Gasteiger partial charge in [-0.05, 0) is 24.7 Å². The second kappa shape index (κ2) is 6.36. The van der Waals surface area contributed by atoms with Crippen molar-refractivity contribution in [1.82, 2.24) is 13.6 Å². The van der Waals surface area contributed by atoms with E-state index in [0.29, 0.717) is 12.5 Å². The zero-order valence-corrected chi connectivity index (χ0v) is 12.6. The highest BCUT2D eigenvalue weighted by Crippen LogP contribution is 2.27. The largest absolute Gasteiger partial charge is 0.470 e. The summed E-state index contributed by atoms with van der Waals surface area (Å²) in [5.41, 5.74) is 0.785. The maximum Gasteiger partial charge on any atom is 0.271 e. The number of nitrogens with zero attached hydrogens (tertiary/aromatic N) is 4. The molecule has 0 aliphatic carbocycles. The first-order chi connectivity index (χ1) is 10.2. The first kappa shape index (κ1) is 14.2. The highest BCUT2D eigenvalue weighted by atomic mass is 32.1. The maximum atomic E-state index is 13.1. The fourth-order valence-corrected chi connectivity index (χ4v) is 2.78. The third-order valence-electron chi connectivity index (χ3n) is 3.51. The summed E-state index contributed by atoms with van der Waals surface area (Å²) in [6.45, 7) is 4.13. The average Bonchev–Trinajstić information content (AvgIpc) is 2.94. The number of ether oxygens (including phenoxy) is 1. The number of piperazine rings is 1. The van der Waals surface area contributed by atoms with Crippen molar-refractivity contribution < 1.29 is 9.13 Å². The average molecular weight is 308 g/mol. The van der Waals surface area contributed by atoms with E-state index in [1.807, 2.05) is 6.07 Å². The van der Waals surface area contributed by atoms with Crippen LogP contribution in [0.2, 0.25) is 0 Å². The molecule has 0 atom stereocenters. The van der Waals surface area contributed by atoms with Crippen LogP contribution in [0.4, 0.5) is 10.2 Å². The standard InChI is InChI=1S/C14H17FN4OS/c1-18-5-7-19(8-6-18)13-14(17-21-16-13)20-10-11-3-2-4-12(15)9-11/h2-4,9H,5-8,10H2,1H3. The first-order valence-electron chi connectivity index (χ1n) is 6.85. The van der Waals surface area contributed by atoms with Gasteiger partial charge in [-0.2, -0.15) is 4.37 Å². The number of likely N-dealkylation sites (N-methyl/N-ethyl adjacent to an activating group) is 1. The molecule has 2 heterocycles. The fraction of sp³-hybridized carbons (Fsp3) is 0.429. The lowest BCUT2D eigenvalue weighted by molar-refractivity contribution is 0.288. The van der Waals surface area contributed by atoms with Crippen LogP contribution in [0.3, 0.4) is 0 Å². The number of halogens is 1. The summed E-state index contributed by atoms with van der Waals surface area (Å²) in [5, 5.41) is 0. The van der Waals surface area contributed by atoms with Gasteiger partial charge in [-0.1, -0.05) is 12.1 Å². The topological polar surface area (TPSA) is 41.5 Å². The molecule has 1 aliphatic rings. The summed E-state index contributed by atoms with van der Waals surface area (Å²) in [6.07, 6.45) is 0. The summed E-state index contributed by atoms with van der Waals surface area (Å²) in [5.74, 6) is 1.07. The molecule has 1 saturated heterocycles. The maximum absolute atomic E-state index is 13.1. The Bertz CT molecular complexity index is 598. The third kappa shape index (κ3) is 3.48. The molecule has 0 N–H and O–H groups in total. The van der Waals surface area contributed by atoms with Gasteiger partial charge in [0.1, 0.15) is 12.4 Å². The molecule has 21 heavy (non-hydrogen) atoms. The van der Waals surface area contributed by atoms with Gasteiger partial charge in [-0.15, -0.1) is 4.37 Å². The molecule has 7 heteroatoms. The van der Waals surface area contributed by atoms with E-state index >= 15 is 0 Å². The van der Waals surface area contributed by atoms with Crippen LogP contribution in [0.5, 0.6) is 5.88 Å². The number of anilines is 1. The van der Waals surface area contributed by atoms with Crippen molar-refractivity contribution in [1.29, 1.82) is 0 Å². The Labute approximate surface area is 127 Å². The van der Waals surface area contributed by atoms with Crippen LogP contribution in [0.1, 0.15) is 5.56 Å². The Balaban J connectivity index is 1.65. The van der Waals surface area contributed by atoms with Gasteiger partial charge in [0.2, 0.25) is 5.82 Å². The van der Waals surface area contributed by atoms with Crippen LogP contribution in [-0.2, 0) is 6.61 Å². The van der Waals surface area contributed by atoms with Gasteiger partial charge in [-0.25, -0.2) is 4.39 Å². The normalized spacial score (nSPS) is 16.2. The summed E-state index contributed by atoms with van der Waals surface area (Å²) < 4.78 is 27.4. The van der Waals surface area contributed by atoms with Crippen molar-refractivity contribution in [2.45, 2.75) is 6.61 Å². The Morgan fingerprint density at radius 2 is 2.05 bits per heavy atom. The lowest BCUT2D eigenvalue weighted by Crippen LogP contribution is -2.44. The van der Waals surface area contributed by atoms with E-state index in [0.717, 1.165) is 49.3 Å². The monoisotopic (exact) mass is 308 g/mol. The zero-order valence-electron chi connectivity index (χ0n) is 11.8. The summed E-state index contributed by atoms with van der Waals surface area (Å²) in [7, 11) is 2.11. The van der Waals surface area contributed by atoms with Crippen molar-refractivity contribution >= 4 is 17.5 Å². The molecule has 1 fully saturated rings. The van der Waals surface area contributed by atoms with Gasteiger partial charge in [0.25, 0.3) is 5.88 Å². The van der Waals surface area contributed by atoms with Gasteiger partial charge in [0, 0.05) is 26.2 Å². The molecule has 112 valence electrons. The molecule has 1 aromatic carbocycles. The second-order valence-electron chi connectivity index (χ2n) is 5.10. The minimum absolute atomic E-state index is 0.258. The van der Waals surface area contributed by atoms with Crippen molar-refractivity contribution in [2.75, 3.05) is 38.1 Å². The van der Waals surface area contributed by atoms with E-state index in [1.54, 1.807) is 6.07 Å². The van der Waals surface area contributed by atoms with E-state index in [1.165, 1.54) is 12.1 Å². The second-order valence-corrected chi connectivity index (χ2v) is 5.63. The summed E-state index contributed by atoms with van der Waals surface area (Å²) in [6, 6.07) is 6.39. The molecule has 3 rings (SSSR count). The minimum Gasteiger partial charge on any atom is -0.470 e. The molecular weight excluding hydrogens is 291 g/mol. The predicted molar refractivity (Wildman–Crippen MR) is 80.4 cm³/mol. The molecule has 1 aliphatic heterocycles. The van der Waals surface area contributed by atoms with Gasteiger partial charge in [0.15, 0.2) is 0 Å². The third-order valence-corrected chi connectivity index (χ3v) is 4.01. The predicted octanol–water partition coefficient (Wildman–Crippen LogP) is 2.01. The Morgan fingerprint density at radius 3 is 2.81 bits per heavy atom. The van der Waals surface area contributed by atoms with E-state index in [-0.39, 0.29) is 5.82 Å². The van der Waals surface area contributed by atoms with E-state index in [2.05, 4.69) is 25.6 Å². The van der Waals surface area contributed by atoms with E-state index in [9.17, 15) is 4.39 Å². The molecule has 2 aromatic rings. The molecule has 0 spiro atoms. The summed E-state index contributed by atoms with van der Waals surface area (Å²) >= 11 is 1.14. The van der Waals surface area contributed by atoms with Crippen molar-refractivity contribution in [3.8, 4) is 5.88 Å². The molecule has 5 nitrogen and oxygen atoms in total. The minimum atomic E-state index is -0.258. The number of hydrogen-bond donors (Lipinski definition) is 0. The van der Waals surface area contributed by atoms with Crippen LogP contribution in [0.25, 0.3) is 0 Å². The summed E-state index contributed by atoms with van der Waals surface area (Å²) in [4.78, 5) is 4.47. The molecule has 0 amide bonds. The molecular formula is C14H17FN4OS. The van der Waals surface area contributed by atoms with Crippen LogP contribution in [0, 0.1) is 5.82 Å². The van der Waals surface area contributed by atoms with Gasteiger partial charge >= 0.3 is 0 Å². The smallest absolute Gasteiger partial charge is 0.271 e. The van der Waals surface area contributed by atoms with Crippen LogP contribution in [0.15, 0.2) is 24.3 Å². The van der Waals surface area contributed by atoms with Crippen LogP contribution >= 0.6 is 11.7 Å².